The molecule has 2 aromatic carbocycles. The van der Waals surface area contributed by atoms with Gasteiger partial charge in [0.1, 0.15) is 29.5 Å². The first-order valence-corrected chi connectivity index (χ1v) is 10.1. The zero-order valence-electron chi connectivity index (χ0n) is 17.6. The number of carbonyl (C=O) groups excluding carboxylic acids is 1. The fraction of sp³-hybridized carbons (Fsp3) is 0.250. The molecule has 0 aliphatic carbocycles. The Morgan fingerprint density at radius 3 is 2.68 bits per heavy atom. The molecule has 1 aliphatic rings. The van der Waals surface area contributed by atoms with Gasteiger partial charge in [-0.25, -0.2) is 0 Å². The van der Waals surface area contributed by atoms with Crippen molar-refractivity contribution in [2.45, 2.75) is 19.9 Å². The smallest absolute Gasteiger partial charge is 0.273 e. The molecule has 7 nitrogen and oxygen atoms in total. The van der Waals surface area contributed by atoms with Crippen molar-refractivity contribution in [3.63, 3.8) is 0 Å². The SMILES string of the molecule is C=CCOc1ccc(C2c3c(-c4cc(C)cc(C)c4O)n[nH]c3C(=O)N2CCO)cc1. The molecule has 0 radical (unpaired) electrons. The number of hydrogen-bond acceptors (Lipinski definition) is 5. The van der Waals surface area contributed by atoms with Gasteiger partial charge in [0.05, 0.1) is 12.6 Å². The first-order valence-electron chi connectivity index (χ1n) is 10.1. The number of phenols is 1. The number of aromatic hydroxyl groups is 1. The van der Waals surface area contributed by atoms with Crippen molar-refractivity contribution in [3.05, 3.63) is 77.0 Å². The van der Waals surface area contributed by atoms with Gasteiger partial charge in [0.2, 0.25) is 0 Å². The lowest BCUT2D eigenvalue weighted by molar-refractivity contribution is 0.0706. The molecule has 0 spiro atoms. The third kappa shape index (κ3) is 3.57. The van der Waals surface area contributed by atoms with Gasteiger partial charge < -0.3 is 19.8 Å². The lowest BCUT2D eigenvalue weighted by atomic mass is 9.94. The normalized spacial score (nSPS) is 15.3. The Hall–Kier alpha value is -3.58. The molecule has 2 heterocycles. The Morgan fingerprint density at radius 1 is 1.26 bits per heavy atom. The van der Waals surface area contributed by atoms with Crippen LogP contribution in [-0.4, -0.2) is 51.0 Å². The quantitative estimate of drug-likeness (QED) is 0.509. The maximum absolute atomic E-state index is 13.1. The lowest BCUT2D eigenvalue weighted by Gasteiger charge is -2.26. The zero-order chi connectivity index (χ0) is 22.1. The van der Waals surface area contributed by atoms with Crippen LogP contribution in [0.2, 0.25) is 0 Å². The Kier molecular flexibility index (Phi) is 5.52. The summed E-state index contributed by atoms with van der Waals surface area (Å²) < 4.78 is 5.57. The Balaban J connectivity index is 1.84. The van der Waals surface area contributed by atoms with Gasteiger partial charge in [-0.2, -0.15) is 5.10 Å². The predicted molar refractivity (Wildman–Crippen MR) is 117 cm³/mol. The monoisotopic (exact) mass is 419 g/mol. The molecule has 0 bridgehead atoms. The molecule has 0 saturated heterocycles. The van der Waals surface area contributed by atoms with Crippen LogP contribution in [-0.2, 0) is 0 Å². The largest absolute Gasteiger partial charge is 0.507 e. The summed E-state index contributed by atoms with van der Waals surface area (Å²) in [5, 5.41) is 27.6. The zero-order valence-corrected chi connectivity index (χ0v) is 17.6. The molecule has 1 amide bonds. The molecular weight excluding hydrogens is 394 g/mol. The number of H-pyrrole nitrogens is 1. The minimum atomic E-state index is -0.447. The van der Waals surface area contributed by atoms with E-state index in [4.69, 9.17) is 4.74 Å². The van der Waals surface area contributed by atoms with Crippen molar-refractivity contribution in [1.82, 2.24) is 15.1 Å². The number of aromatic nitrogens is 2. The third-order valence-electron chi connectivity index (χ3n) is 5.47. The van der Waals surface area contributed by atoms with Crippen molar-refractivity contribution < 1.29 is 19.7 Å². The molecular formula is C24H25N3O4. The van der Waals surface area contributed by atoms with Crippen molar-refractivity contribution in [2.24, 2.45) is 0 Å². The minimum absolute atomic E-state index is 0.139. The summed E-state index contributed by atoms with van der Waals surface area (Å²) >= 11 is 0. The summed E-state index contributed by atoms with van der Waals surface area (Å²) in [5.41, 5.74) is 4.76. The number of β-amino-alcohol motifs (C(OH)–C–C–N with tert-alkyl or cyclic N) is 1. The molecule has 3 aromatic rings. The second-order valence-electron chi connectivity index (χ2n) is 7.63. The summed E-state index contributed by atoms with van der Waals surface area (Å²) in [6, 6.07) is 10.8. The van der Waals surface area contributed by atoms with Crippen molar-refractivity contribution in [1.29, 1.82) is 0 Å². The van der Waals surface area contributed by atoms with Gasteiger partial charge in [-0.1, -0.05) is 30.9 Å². The average molecular weight is 419 g/mol. The molecule has 31 heavy (non-hydrogen) atoms. The van der Waals surface area contributed by atoms with E-state index in [1.807, 2.05) is 50.2 Å². The van der Waals surface area contributed by atoms with Crippen molar-refractivity contribution in [3.8, 4) is 22.8 Å². The van der Waals surface area contributed by atoms with Gasteiger partial charge in [-0.15, -0.1) is 0 Å². The van der Waals surface area contributed by atoms with E-state index in [1.54, 1.807) is 11.0 Å². The summed E-state index contributed by atoms with van der Waals surface area (Å²) in [6.45, 7) is 7.85. The van der Waals surface area contributed by atoms with Crippen LogP contribution in [0.5, 0.6) is 11.5 Å². The molecule has 1 atom stereocenters. The Labute approximate surface area is 180 Å². The van der Waals surface area contributed by atoms with Gasteiger partial charge in [0.15, 0.2) is 0 Å². The molecule has 7 heteroatoms. The van der Waals surface area contributed by atoms with E-state index >= 15 is 0 Å². The van der Waals surface area contributed by atoms with Crippen LogP contribution < -0.4 is 4.74 Å². The second kappa shape index (κ2) is 8.28. The van der Waals surface area contributed by atoms with Gasteiger partial charge in [-0.3, -0.25) is 9.89 Å². The number of rotatable bonds is 7. The number of phenolic OH excluding ortho intramolecular Hbond substituents is 1. The highest BCUT2D eigenvalue weighted by molar-refractivity contribution is 6.00. The van der Waals surface area contributed by atoms with E-state index in [1.165, 1.54) is 0 Å². The van der Waals surface area contributed by atoms with Crippen LogP contribution in [0.3, 0.4) is 0 Å². The Morgan fingerprint density at radius 2 is 2.00 bits per heavy atom. The highest BCUT2D eigenvalue weighted by Crippen LogP contribution is 2.45. The van der Waals surface area contributed by atoms with E-state index in [2.05, 4.69) is 16.8 Å². The van der Waals surface area contributed by atoms with Crippen LogP contribution in [0, 0.1) is 13.8 Å². The van der Waals surface area contributed by atoms with Crippen LogP contribution >= 0.6 is 0 Å². The number of ether oxygens (including phenoxy) is 1. The number of hydrogen-bond donors (Lipinski definition) is 3. The number of nitrogens with zero attached hydrogens (tertiary/aromatic N) is 2. The summed E-state index contributed by atoms with van der Waals surface area (Å²) in [4.78, 5) is 14.7. The topological polar surface area (TPSA) is 98.7 Å². The van der Waals surface area contributed by atoms with Crippen LogP contribution in [0.25, 0.3) is 11.3 Å². The maximum atomic E-state index is 13.1. The van der Waals surface area contributed by atoms with E-state index in [9.17, 15) is 15.0 Å². The molecule has 1 aromatic heterocycles. The molecule has 160 valence electrons. The standard InChI is InChI=1S/C24H25N3O4/c1-4-11-31-17-7-5-16(6-8-17)22-19-20(18-13-14(2)12-15(3)23(18)29)25-26-21(19)24(30)27(22)9-10-28/h4-8,12-13,22,28-29H,1,9-11H2,2-3H3,(H,25,26). The molecule has 0 fully saturated rings. The van der Waals surface area contributed by atoms with Crippen molar-refractivity contribution in [2.75, 3.05) is 19.8 Å². The summed E-state index contributed by atoms with van der Waals surface area (Å²) in [6.07, 6.45) is 1.67. The van der Waals surface area contributed by atoms with E-state index < -0.39 is 6.04 Å². The third-order valence-corrected chi connectivity index (χ3v) is 5.47. The van der Waals surface area contributed by atoms with E-state index in [0.717, 1.165) is 16.7 Å². The number of nitrogens with one attached hydrogen (secondary N) is 1. The van der Waals surface area contributed by atoms with Crippen molar-refractivity contribution >= 4 is 5.91 Å². The Bertz CT molecular complexity index is 1130. The average Bonchev–Trinajstić information content (AvgIpc) is 3.29. The van der Waals surface area contributed by atoms with E-state index in [-0.39, 0.29) is 24.8 Å². The molecule has 0 saturated carbocycles. The number of fused-ring (bicyclic) bond motifs is 1. The second-order valence-corrected chi connectivity index (χ2v) is 7.63. The fourth-order valence-corrected chi connectivity index (χ4v) is 4.13. The van der Waals surface area contributed by atoms with Gasteiger partial charge in [-0.05, 0) is 48.7 Å². The molecule has 4 rings (SSSR count). The first-order chi connectivity index (χ1) is 15.0. The van der Waals surface area contributed by atoms with Crippen LogP contribution in [0.4, 0.5) is 0 Å². The number of benzene rings is 2. The highest BCUT2D eigenvalue weighted by atomic mass is 16.5. The first kappa shape index (κ1) is 20.7. The van der Waals surface area contributed by atoms with Crippen LogP contribution in [0.15, 0.2) is 49.1 Å². The predicted octanol–water partition coefficient (Wildman–Crippen LogP) is 3.50. The van der Waals surface area contributed by atoms with Crippen LogP contribution in [0.1, 0.15) is 38.8 Å². The van der Waals surface area contributed by atoms with E-state index in [0.29, 0.717) is 34.9 Å². The number of carbonyl (C=O) groups is 1. The number of aliphatic hydroxyl groups excluding tert-OH is 1. The molecule has 1 unspecified atom stereocenters. The maximum Gasteiger partial charge on any atom is 0.273 e. The molecule has 1 aliphatic heterocycles. The number of aliphatic hydroxyl groups is 1. The number of amides is 1. The fourth-order valence-electron chi connectivity index (χ4n) is 4.13. The lowest BCUT2D eigenvalue weighted by Crippen LogP contribution is -2.32. The van der Waals surface area contributed by atoms with Gasteiger partial charge in [0, 0.05) is 17.7 Å². The van der Waals surface area contributed by atoms with Gasteiger partial charge in [0.25, 0.3) is 5.91 Å². The number of aryl methyl sites for hydroxylation is 2. The van der Waals surface area contributed by atoms with Gasteiger partial charge >= 0.3 is 0 Å². The minimum Gasteiger partial charge on any atom is -0.507 e. The molecule has 3 N–H and O–H groups in total. The summed E-state index contributed by atoms with van der Waals surface area (Å²) in [5.74, 6) is 0.602. The summed E-state index contributed by atoms with van der Waals surface area (Å²) in [7, 11) is 0. The number of aromatic amines is 1. The highest BCUT2D eigenvalue weighted by Gasteiger charge is 2.42.